The number of ether oxygens (including phenoxy) is 1. The quantitative estimate of drug-likeness (QED) is 0.490. The predicted octanol–water partition coefficient (Wildman–Crippen LogP) is 6.81. The van der Waals surface area contributed by atoms with Crippen molar-refractivity contribution >= 4 is 11.0 Å². The van der Waals surface area contributed by atoms with Crippen LogP contribution in [0.4, 0.5) is 13.2 Å². The van der Waals surface area contributed by atoms with Gasteiger partial charge in [-0.3, -0.25) is 4.79 Å². The Bertz CT molecular complexity index is 1150. The number of alkyl halides is 3. The summed E-state index contributed by atoms with van der Waals surface area (Å²) in [7, 11) is 0. The molecular weight excluding hydrogens is 409 g/mol. The largest absolute Gasteiger partial charge is 0.508 e. The van der Waals surface area contributed by atoms with Gasteiger partial charge in [0.2, 0.25) is 11.2 Å². The van der Waals surface area contributed by atoms with Crippen LogP contribution in [0.2, 0.25) is 0 Å². The molecule has 0 amide bonds. The summed E-state index contributed by atoms with van der Waals surface area (Å²) >= 11 is 0. The van der Waals surface area contributed by atoms with Crippen LogP contribution in [0.15, 0.2) is 45.6 Å². The van der Waals surface area contributed by atoms with Crippen LogP contribution in [0.25, 0.3) is 11.0 Å². The van der Waals surface area contributed by atoms with E-state index in [2.05, 4.69) is 0 Å². The molecule has 0 atom stereocenters. The van der Waals surface area contributed by atoms with E-state index in [0.29, 0.717) is 0 Å². The minimum atomic E-state index is -4.96. The first-order valence-electron chi connectivity index (χ1n) is 9.96. The SMILES string of the molecule is CC(C)Cc1c(O)ccc2c(=O)c(Oc3ccc(C(C)(C)C)cc3)c(C(F)(F)F)oc12. The van der Waals surface area contributed by atoms with Gasteiger partial charge in [-0.15, -0.1) is 0 Å². The summed E-state index contributed by atoms with van der Waals surface area (Å²) < 4.78 is 52.0. The lowest BCUT2D eigenvalue weighted by Gasteiger charge is -2.19. The van der Waals surface area contributed by atoms with E-state index in [1.54, 1.807) is 12.1 Å². The highest BCUT2D eigenvalue weighted by atomic mass is 19.4. The Hall–Kier alpha value is -2.96. The van der Waals surface area contributed by atoms with Crippen LogP contribution in [0.3, 0.4) is 0 Å². The van der Waals surface area contributed by atoms with Crippen LogP contribution in [0, 0.1) is 5.92 Å². The summed E-state index contributed by atoms with van der Waals surface area (Å²) in [6, 6.07) is 9.05. The molecule has 0 fully saturated rings. The molecule has 3 aromatic rings. The van der Waals surface area contributed by atoms with Crippen LogP contribution >= 0.6 is 0 Å². The molecule has 0 radical (unpaired) electrons. The molecule has 2 aromatic carbocycles. The number of phenols is 1. The number of hydrogen-bond acceptors (Lipinski definition) is 4. The van der Waals surface area contributed by atoms with Gasteiger partial charge in [-0.05, 0) is 47.6 Å². The summed E-state index contributed by atoms with van der Waals surface area (Å²) in [5.74, 6) is -2.56. The maximum absolute atomic E-state index is 13.8. The van der Waals surface area contributed by atoms with Crippen LogP contribution in [-0.4, -0.2) is 5.11 Å². The molecule has 0 spiro atoms. The van der Waals surface area contributed by atoms with Gasteiger partial charge in [0, 0.05) is 5.56 Å². The monoisotopic (exact) mass is 434 g/mol. The number of benzene rings is 2. The number of hydrogen-bond donors (Lipinski definition) is 1. The second kappa shape index (κ2) is 7.94. The van der Waals surface area contributed by atoms with Crippen molar-refractivity contribution in [2.24, 2.45) is 5.92 Å². The van der Waals surface area contributed by atoms with E-state index in [4.69, 9.17) is 9.15 Å². The van der Waals surface area contributed by atoms with Crippen LogP contribution < -0.4 is 10.2 Å². The van der Waals surface area contributed by atoms with E-state index in [1.165, 1.54) is 24.3 Å². The van der Waals surface area contributed by atoms with Crippen molar-refractivity contribution in [3.05, 3.63) is 63.5 Å². The second-order valence-corrected chi connectivity index (χ2v) is 9.00. The highest BCUT2D eigenvalue weighted by Crippen LogP contribution is 2.40. The summed E-state index contributed by atoms with van der Waals surface area (Å²) in [6.45, 7) is 9.71. The van der Waals surface area contributed by atoms with E-state index in [1.807, 2.05) is 34.6 Å². The van der Waals surface area contributed by atoms with Gasteiger partial charge >= 0.3 is 6.18 Å². The zero-order chi connectivity index (χ0) is 23.1. The topological polar surface area (TPSA) is 59.7 Å². The first-order valence-corrected chi connectivity index (χ1v) is 9.96. The van der Waals surface area contributed by atoms with Crippen molar-refractivity contribution in [3.63, 3.8) is 0 Å². The standard InChI is InChI=1S/C24H25F3O4/c1-13(2)12-17-18(28)11-10-16-19(29)21(22(24(25,26)27)31-20(16)17)30-15-8-6-14(7-9-15)23(3,4)5/h6-11,13,28H,12H2,1-5H3. The molecule has 1 heterocycles. The molecule has 1 aromatic heterocycles. The lowest BCUT2D eigenvalue weighted by atomic mass is 9.87. The summed E-state index contributed by atoms with van der Waals surface area (Å²) in [4.78, 5) is 13.0. The van der Waals surface area contributed by atoms with Crippen molar-refractivity contribution in [1.29, 1.82) is 0 Å². The third-order valence-corrected chi connectivity index (χ3v) is 4.91. The van der Waals surface area contributed by atoms with Crippen molar-refractivity contribution in [2.75, 3.05) is 0 Å². The number of phenolic OH excluding ortho intramolecular Hbond substituents is 1. The lowest BCUT2D eigenvalue weighted by molar-refractivity contribution is -0.154. The molecule has 3 rings (SSSR count). The molecule has 0 saturated heterocycles. The number of fused-ring (bicyclic) bond motifs is 1. The Kier molecular flexibility index (Phi) is 5.82. The van der Waals surface area contributed by atoms with Crippen LogP contribution in [-0.2, 0) is 18.0 Å². The third-order valence-electron chi connectivity index (χ3n) is 4.91. The highest BCUT2D eigenvalue weighted by molar-refractivity contribution is 5.83. The molecule has 0 aliphatic rings. The molecule has 0 bridgehead atoms. The first kappa shape index (κ1) is 22.7. The van der Waals surface area contributed by atoms with Crippen molar-refractivity contribution < 1.29 is 27.4 Å². The van der Waals surface area contributed by atoms with Crippen LogP contribution in [0.1, 0.15) is 51.5 Å². The Labute approximate surface area is 178 Å². The molecule has 1 N–H and O–H groups in total. The third kappa shape index (κ3) is 4.70. The number of aromatic hydroxyl groups is 1. The average molecular weight is 434 g/mol. The minimum Gasteiger partial charge on any atom is -0.508 e. The normalized spacial score (nSPS) is 12.5. The fourth-order valence-corrected chi connectivity index (χ4v) is 3.31. The van der Waals surface area contributed by atoms with Gasteiger partial charge in [-0.1, -0.05) is 46.8 Å². The Morgan fingerprint density at radius 1 is 1.03 bits per heavy atom. The van der Waals surface area contributed by atoms with Crippen LogP contribution in [0.5, 0.6) is 17.2 Å². The Morgan fingerprint density at radius 2 is 1.65 bits per heavy atom. The fourth-order valence-electron chi connectivity index (χ4n) is 3.31. The fraction of sp³-hybridized carbons (Fsp3) is 0.375. The van der Waals surface area contributed by atoms with E-state index < -0.39 is 23.1 Å². The van der Waals surface area contributed by atoms with Gasteiger partial charge in [0.15, 0.2) is 0 Å². The molecule has 0 unspecified atom stereocenters. The van der Waals surface area contributed by atoms with Gasteiger partial charge < -0.3 is 14.3 Å². The second-order valence-electron chi connectivity index (χ2n) is 9.00. The zero-order valence-electron chi connectivity index (χ0n) is 18.1. The summed E-state index contributed by atoms with van der Waals surface area (Å²) in [6.07, 6.45) is -4.72. The highest BCUT2D eigenvalue weighted by Gasteiger charge is 2.41. The number of rotatable bonds is 4. The van der Waals surface area contributed by atoms with E-state index >= 15 is 0 Å². The van der Waals surface area contributed by atoms with Crippen molar-refractivity contribution in [2.45, 2.75) is 52.6 Å². The minimum absolute atomic E-state index is 0.0217. The van der Waals surface area contributed by atoms with Crippen molar-refractivity contribution in [1.82, 2.24) is 0 Å². The molecule has 0 aliphatic carbocycles. The molecule has 7 heteroatoms. The molecule has 166 valence electrons. The molecular formula is C24H25F3O4. The van der Waals surface area contributed by atoms with Crippen molar-refractivity contribution in [3.8, 4) is 17.2 Å². The Morgan fingerprint density at radius 3 is 2.16 bits per heavy atom. The predicted molar refractivity (Wildman–Crippen MR) is 113 cm³/mol. The van der Waals surface area contributed by atoms with Gasteiger partial charge in [-0.2, -0.15) is 13.2 Å². The van der Waals surface area contributed by atoms with E-state index in [0.717, 1.165) is 5.56 Å². The van der Waals surface area contributed by atoms with Gasteiger partial charge in [0.05, 0.1) is 5.39 Å². The summed E-state index contributed by atoms with van der Waals surface area (Å²) in [5.41, 5.74) is -0.238. The number of halogens is 3. The molecule has 0 aliphatic heterocycles. The lowest BCUT2D eigenvalue weighted by Crippen LogP contribution is -2.16. The van der Waals surface area contributed by atoms with E-state index in [9.17, 15) is 23.1 Å². The summed E-state index contributed by atoms with van der Waals surface area (Å²) in [5, 5.41) is 10.1. The average Bonchev–Trinajstić information content (AvgIpc) is 2.64. The molecule has 4 nitrogen and oxygen atoms in total. The molecule has 31 heavy (non-hydrogen) atoms. The van der Waals surface area contributed by atoms with Gasteiger partial charge in [0.1, 0.15) is 17.1 Å². The van der Waals surface area contributed by atoms with Gasteiger partial charge in [-0.25, -0.2) is 0 Å². The Balaban J connectivity index is 2.20. The van der Waals surface area contributed by atoms with E-state index in [-0.39, 0.29) is 45.8 Å². The maximum atomic E-state index is 13.8. The first-order chi connectivity index (χ1) is 14.3. The zero-order valence-corrected chi connectivity index (χ0v) is 18.1. The smallest absolute Gasteiger partial charge is 0.453 e. The maximum Gasteiger partial charge on any atom is 0.453 e. The molecule has 0 saturated carbocycles. The van der Waals surface area contributed by atoms with Gasteiger partial charge in [0.25, 0.3) is 5.76 Å².